The quantitative estimate of drug-likeness (QED) is 0.754. The fraction of sp³-hybridized carbons (Fsp3) is 0.500. The molecule has 0 aromatic carbocycles. The molecule has 0 saturated heterocycles. The van der Waals surface area contributed by atoms with Crippen molar-refractivity contribution in [1.29, 1.82) is 0 Å². The van der Waals surface area contributed by atoms with Gasteiger partial charge in [0.05, 0.1) is 0 Å². The maximum absolute atomic E-state index is 5.88. The van der Waals surface area contributed by atoms with Crippen LogP contribution in [-0.4, -0.2) is 28.0 Å². The highest BCUT2D eigenvalue weighted by Crippen LogP contribution is 2.20. The fourth-order valence-corrected chi connectivity index (χ4v) is 2.30. The molecule has 1 aliphatic carbocycles. The first kappa shape index (κ1) is 14.8. The van der Waals surface area contributed by atoms with Gasteiger partial charge in [0.1, 0.15) is 0 Å². The molecule has 1 aromatic rings. The Balaban J connectivity index is 1.86. The van der Waals surface area contributed by atoms with Crippen molar-refractivity contribution in [2.24, 2.45) is 0 Å². The van der Waals surface area contributed by atoms with Gasteiger partial charge in [-0.15, -0.1) is 6.58 Å². The lowest BCUT2D eigenvalue weighted by Crippen LogP contribution is -2.11. The van der Waals surface area contributed by atoms with Crippen molar-refractivity contribution in [2.75, 3.05) is 23.7 Å². The van der Waals surface area contributed by atoms with Crippen LogP contribution in [0.25, 0.3) is 0 Å². The Bertz CT molecular complexity index is 486. The molecule has 20 heavy (non-hydrogen) atoms. The first-order valence-electron chi connectivity index (χ1n) is 6.96. The molecule has 0 amide bonds. The first-order chi connectivity index (χ1) is 9.78. The Morgan fingerprint density at radius 3 is 2.70 bits per heavy atom. The summed E-state index contributed by atoms with van der Waals surface area (Å²) in [5, 5.41) is 6.38. The first-order valence-corrected chi connectivity index (χ1v) is 7.34. The highest BCUT2D eigenvalue weighted by molar-refractivity contribution is 6.28. The second-order valence-electron chi connectivity index (χ2n) is 4.71. The van der Waals surface area contributed by atoms with Crippen LogP contribution in [0.2, 0.25) is 5.28 Å². The maximum atomic E-state index is 5.88. The molecule has 1 aliphatic rings. The van der Waals surface area contributed by atoms with Gasteiger partial charge in [-0.05, 0) is 43.7 Å². The Labute approximate surface area is 124 Å². The van der Waals surface area contributed by atoms with Crippen LogP contribution in [0.5, 0.6) is 0 Å². The molecular weight excluding hydrogens is 274 g/mol. The lowest BCUT2D eigenvalue weighted by molar-refractivity contribution is 0.679. The normalized spacial score (nSPS) is 14.6. The van der Waals surface area contributed by atoms with E-state index < -0.39 is 0 Å². The highest BCUT2D eigenvalue weighted by Gasteiger charge is 2.06. The van der Waals surface area contributed by atoms with Crippen LogP contribution < -0.4 is 10.6 Å². The lowest BCUT2D eigenvalue weighted by Gasteiger charge is -2.13. The molecule has 2 rings (SSSR count). The van der Waals surface area contributed by atoms with Gasteiger partial charge in [0, 0.05) is 13.1 Å². The van der Waals surface area contributed by atoms with Crippen LogP contribution in [0, 0.1) is 0 Å². The molecule has 108 valence electrons. The van der Waals surface area contributed by atoms with Gasteiger partial charge in [0.25, 0.3) is 0 Å². The van der Waals surface area contributed by atoms with Gasteiger partial charge < -0.3 is 10.6 Å². The number of aromatic nitrogens is 3. The Morgan fingerprint density at radius 2 is 2.00 bits per heavy atom. The average Bonchev–Trinajstić information content (AvgIpc) is 2.46. The maximum Gasteiger partial charge on any atom is 0.229 e. The number of nitrogens with zero attached hydrogens (tertiary/aromatic N) is 3. The van der Waals surface area contributed by atoms with Crippen molar-refractivity contribution in [3.05, 3.63) is 29.6 Å². The number of allylic oxidation sites excluding steroid dienone is 1. The predicted octanol–water partition coefficient (Wildman–Crippen LogP) is 3.43. The predicted molar refractivity (Wildman–Crippen MR) is 83.2 cm³/mol. The van der Waals surface area contributed by atoms with Crippen LogP contribution in [-0.2, 0) is 0 Å². The van der Waals surface area contributed by atoms with E-state index in [9.17, 15) is 0 Å². The molecule has 0 fully saturated rings. The van der Waals surface area contributed by atoms with Crippen molar-refractivity contribution in [2.45, 2.75) is 32.1 Å². The number of hydrogen-bond donors (Lipinski definition) is 2. The molecule has 0 atom stereocenters. The molecule has 0 aliphatic heterocycles. The Kier molecular flexibility index (Phi) is 5.80. The largest absolute Gasteiger partial charge is 0.354 e. The molecule has 5 nitrogen and oxygen atoms in total. The summed E-state index contributed by atoms with van der Waals surface area (Å²) >= 11 is 5.88. The molecular formula is C14H20ClN5. The second-order valence-corrected chi connectivity index (χ2v) is 5.04. The average molecular weight is 294 g/mol. The summed E-state index contributed by atoms with van der Waals surface area (Å²) in [7, 11) is 0. The summed E-state index contributed by atoms with van der Waals surface area (Å²) in [5.41, 5.74) is 1.52. The van der Waals surface area contributed by atoms with E-state index in [-0.39, 0.29) is 5.28 Å². The molecule has 1 aromatic heterocycles. The number of anilines is 2. The summed E-state index contributed by atoms with van der Waals surface area (Å²) in [6, 6.07) is 0. The smallest absolute Gasteiger partial charge is 0.229 e. The minimum atomic E-state index is 0.186. The zero-order chi connectivity index (χ0) is 14.2. The highest BCUT2D eigenvalue weighted by atomic mass is 35.5. The third-order valence-corrected chi connectivity index (χ3v) is 3.30. The van der Waals surface area contributed by atoms with Gasteiger partial charge in [-0.2, -0.15) is 15.0 Å². The zero-order valence-electron chi connectivity index (χ0n) is 11.5. The molecule has 0 unspecified atom stereocenters. The van der Waals surface area contributed by atoms with E-state index in [1.807, 2.05) is 0 Å². The summed E-state index contributed by atoms with van der Waals surface area (Å²) in [5.74, 6) is 0.970. The van der Waals surface area contributed by atoms with Crippen LogP contribution in [0.1, 0.15) is 32.1 Å². The van der Waals surface area contributed by atoms with Crippen molar-refractivity contribution < 1.29 is 0 Å². The third kappa shape index (κ3) is 4.81. The summed E-state index contributed by atoms with van der Waals surface area (Å²) in [4.78, 5) is 12.3. The number of hydrogen-bond acceptors (Lipinski definition) is 5. The summed E-state index contributed by atoms with van der Waals surface area (Å²) in [6.07, 6.45) is 10.2. The van der Waals surface area contributed by atoms with Crippen molar-refractivity contribution >= 4 is 23.5 Å². The standard InChI is InChI=1S/C14H20ClN5/c1-2-9-16-13-18-12(15)19-14(20-13)17-10-8-11-6-4-3-5-7-11/h2,6H,1,3-5,7-10H2,(H2,16,17,18,19,20). The molecule has 2 N–H and O–H groups in total. The van der Waals surface area contributed by atoms with Crippen LogP contribution in [0.3, 0.4) is 0 Å². The van der Waals surface area contributed by atoms with Crippen molar-refractivity contribution in [3.8, 4) is 0 Å². The van der Waals surface area contributed by atoms with Gasteiger partial charge in [0.2, 0.25) is 17.2 Å². The van der Waals surface area contributed by atoms with E-state index in [2.05, 4.69) is 38.2 Å². The molecule has 0 saturated carbocycles. The van der Waals surface area contributed by atoms with Gasteiger partial charge in [-0.25, -0.2) is 0 Å². The molecule has 1 heterocycles. The SMILES string of the molecule is C=CCNc1nc(Cl)nc(NCCC2=CCCCC2)n1. The van der Waals surface area contributed by atoms with Gasteiger partial charge in [-0.1, -0.05) is 17.7 Å². The van der Waals surface area contributed by atoms with E-state index in [1.165, 1.54) is 31.3 Å². The summed E-state index contributed by atoms with van der Waals surface area (Å²) in [6.45, 7) is 5.04. The van der Waals surface area contributed by atoms with Gasteiger partial charge >= 0.3 is 0 Å². The number of rotatable bonds is 7. The van der Waals surface area contributed by atoms with E-state index in [0.29, 0.717) is 18.4 Å². The minimum absolute atomic E-state index is 0.186. The summed E-state index contributed by atoms with van der Waals surface area (Å²) < 4.78 is 0. The van der Waals surface area contributed by atoms with Crippen LogP contribution >= 0.6 is 11.6 Å². The topological polar surface area (TPSA) is 62.7 Å². The molecule has 0 bridgehead atoms. The molecule has 6 heteroatoms. The number of halogens is 1. The molecule has 0 radical (unpaired) electrons. The minimum Gasteiger partial charge on any atom is -0.354 e. The van der Waals surface area contributed by atoms with E-state index in [0.717, 1.165) is 13.0 Å². The van der Waals surface area contributed by atoms with Crippen molar-refractivity contribution in [1.82, 2.24) is 15.0 Å². The monoisotopic (exact) mass is 293 g/mol. The third-order valence-electron chi connectivity index (χ3n) is 3.13. The Hall–Kier alpha value is -1.62. The zero-order valence-corrected chi connectivity index (χ0v) is 12.3. The fourth-order valence-electron chi connectivity index (χ4n) is 2.14. The van der Waals surface area contributed by atoms with E-state index in [1.54, 1.807) is 6.08 Å². The van der Waals surface area contributed by atoms with E-state index >= 15 is 0 Å². The Morgan fingerprint density at radius 1 is 1.20 bits per heavy atom. The van der Waals surface area contributed by atoms with Gasteiger partial charge in [-0.3, -0.25) is 0 Å². The lowest BCUT2D eigenvalue weighted by atomic mass is 9.97. The van der Waals surface area contributed by atoms with E-state index in [4.69, 9.17) is 11.6 Å². The van der Waals surface area contributed by atoms with Gasteiger partial charge in [0.15, 0.2) is 0 Å². The second kappa shape index (κ2) is 7.85. The van der Waals surface area contributed by atoms with Crippen LogP contribution in [0.4, 0.5) is 11.9 Å². The molecule has 0 spiro atoms. The van der Waals surface area contributed by atoms with Crippen molar-refractivity contribution in [3.63, 3.8) is 0 Å². The van der Waals surface area contributed by atoms with Crippen LogP contribution in [0.15, 0.2) is 24.3 Å². The number of nitrogens with one attached hydrogen (secondary N) is 2.